The van der Waals surface area contributed by atoms with Crippen LogP contribution in [0.3, 0.4) is 0 Å². The van der Waals surface area contributed by atoms with Crippen LogP contribution in [-0.4, -0.2) is 20.1 Å². The third-order valence-electron chi connectivity index (χ3n) is 3.79. The predicted molar refractivity (Wildman–Crippen MR) is 89.8 cm³/mol. The zero-order valence-electron chi connectivity index (χ0n) is 12.4. The summed E-state index contributed by atoms with van der Waals surface area (Å²) in [5.74, 6) is 0.169. The van der Waals surface area contributed by atoms with E-state index in [2.05, 4.69) is 22.3 Å². The number of phenols is 1. The van der Waals surface area contributed by atoms with Crippen molar-refractivity contribution in [2.24, 2.45) is 0 Å². The first-order chi connectivity index (χ1) is 11.3. The Hall–Kier alpha value is -3.14. The summed E-state index contributed by atoms with van der Waals surface area (Å²) in [6, 6.07) is 23.5. The number of benzene rings is 3. The predicted octanol–water partition coefficient (Wildman–Crippen LogP) is 3.72. The van der Waals surface area contributed by atoms with Gasteiger partial charge >= 0.3 is 0 Å². The number of fused-ring (bicyclic) bond motifs is 1. The van der Waals surface area contributed by atoms with Gasteiger partial charge in [0.2, 0.25) is 0 Å². The Kier molecular flexibility index (Phi) is 3.27. The SMILES string of the molecule is Oc1ccc(Cc2ccccc2)cc1-n1nc2ccccc2n1. The highest BCUT2D eigenvalue weighted by Gasteiger charge is 2.10. The summed E-state index contributed by atoms with van der Waals surface area (Å²) in [5, 5.41) is 19.1. The van der Waals surface area contributed by atoms with Crippen molar-refractivity contribution in [1.82, 2.24) is 15.0 Å². The van der Waals surface area contributed by atoms with E-state index in [4.69, 9.17) is 0 Å². The number of phenolic OH excluding ortho intramolecular Hbond substituents is 1. The van der Waals surface area contributed by atoms with Crippen LogP contribution in [0.2, 0.25) is 0 Å². The van der Waals surface area contributed by atoms with Gasteiger partial charge in [-0.05, 0) is 41.8 Å². The molecule has 0 amide bonds. The maximum atomic E-state index is 10.2. The second kappa shape index (κ2) is 5.57. The van der Waals surface area contributed by atoms with Gasteiger partial charge in [0, 0.05) is 0 Å². The first-order valence-electron chi connectivity index (χ1n) is 7.48. The first kappa shape index (κ1) is 13.5. The maximum Gasteiger partial charge on any atom is 0.143 e. The van der Waals surface area contributed by atoms with E-state index in [-0.39, 0.29) is 5.75 Å². The summed E-state index contributed by atoms with van der Waals surface area (Å²) >= 11 is 0. The van der Waals surface area contributed by atoms with Crippen LogP contribution in [0.4, 0.5) is 0 Å². The van der Waals surface area contributed by atoms with E-state index in [9.17, 15) is 5.11 Å². The molecule has 23 heavy (non-hydrogen) atoms. The van der Waals surface area contributed by atoms with Crippen LogP contribution in [0.25, 0.3) is 16.7 Å². The minimum Gasteiger partial charge on any atom is -0.506 e. The van der Waals surface area contributed by atoms with Crippen LogP contribution in [-0.2, 0) is 6.42 Å². The van der Waals surface area contributed by atoms with E-state index in [0.29, 0.717) is 5.69 Å². The van der Waals surface area contributed by atoms with Crippen LogP contribution in [0.5, 0.6) is 5.75 Å². The average molecular weight is 301 g/mol. The molecule has 3 aromatic carbocycles. The Labute approximate surface area is 133 Å². The van der Waals surface area contributed by atoms with Crippen molar-refractivity contribution >= 4 is 11.0 Å². The summed E-state index contributed by atoms with van der Waals surface area (Å²) < 4.78 is 0. The highest BCUT2D eigenvalue weighted by Crippen LogP contribution is 2.24. The maximum absolute atomic E-state index is 10.2. The largest absolute Gasteiger partial charge is 0.506 e. The molecule has 0 saturated heterocycles. The van der Waals surface area contributed by atoms with Gasteiger partial charge in [-0.1, -0.05) is 48.5 Å². The normalized spacial score (nSPS) is 11.0. The van der Waals surface area contributed by atoms with Crippen LogP contribution < -0.4 is 0 Å². The highest BCUT2D eigenvalue weighted by molar-refractivity contribution is 5.73. The van der Waals surface area contributed by atoms with Crippen molar-refractivity contribution < 1.29 is 5.11 Å². The van der Waals surface area contributed by atoms with Gasteiger partial charge in [-0.25, -0.2) is 0 Å². The molecule has 4 aromatic rings. The fourth-order valence-electron chi connectivity index (χ4n) is 2.64. The molecule has 4 nitrogen and oxygen atoms in total. The molecule has 0 radical (unpaired) electrons. The Morgan fingerprint density at radius 3 is 2.09 bits per heavy atom. The molecule has 0 aliphatic heterocycles. The molecule has 1 aromatic heterocycles. The van der Waals surface area contributed by atoms with E-state index < -0.39 is 0 Å². The molecule has 0 aliphatic carbocycles. The molecular formula is C19H15N3O. The fourth-order valence-corrected chi connectivity index (χ4v) is 2.64. The molecular weight excluding hydrogens is 286 g/mol. The van der Waals surface area contributed by atoms with Crippen molar-refractivity contribution in [1.29, 1.82) is 0 Å². The highest BCUT2D eigenvalue weighted by atomic mass is 16.3. The lowest BCUT2D eigenvalue weighted by molar-refractivity contribution is 0.467. The lowest BCUT2D eigenvalue weighted by Gasteiger charge is -2.07. The van der Waals surface area contributed by atoms with E-state index in [1.807, 2.05) is 54.6 Å². The summed E-state index contributed by atoms with van der Waals surface area (Å²) in [7, 11) is 0. The number of hydrogen-bond donors (Lipinski definition) is 1. The minimum absolute atomic E-state index is 0.169. The molecule has 1 heterocycles. The lowest BCUT2D eigenvalue weighted by atomic mass is 10.0. The van der Waals surface area contributed by atoms with Crippen LogP contribution in [0.1, 0.15) is 11.1 Å². The Morgan fingerprint density at radius 2 is 1.39 bits per heavy atom. The fraction of sp³-hybridized carbons (Fsp3) is 0.0526. The Morgan fingerprint density at radius 1 is 0.739 bits per heavy atom. The molecule has 0 bridgehead atoms. The van der Waals surface area contributed by atoms with E-state index >= 15 is 0 Å². The van der Waals surface area contributed by atoms with Crippen molar-refractivity contribution in [3.05, 3.63) is 83.9 Å². The van der Waals surface area contributed by atoms with Gasteiger partial charge in [0.05, 0.1) is 0 Å². The summed E-state index contributed by atoms with van der Waals surface area (Å²) in [5.41, 5.74) is 4.53. The molecule has 0 spiro atoms. The Bertz CT molecular complexity index is 928. The third kappa shape index (κ3) is 2.66. The summed E-state index contributed by atoms with van der Waals surface area (Å²) in [4.78, 5) is 1.49. The molecule has 4 heteroatoms. The minimum atomic E-state index is 0.169. The van der Waals surface area contributed by atoms with Crippen LogP contribution >= 0.6 is 0 Å². The number of aromatic nitrogens is 3. The van der Waals surface area contributed by atoms with Crippen molar-refractivity contribution in [2.45, 2.75) is 6.42 Å². The number of hydrogen-bond acceptors (Lipinski definition) is 3. The molecule has 112 valence electrons. The summed E-state index contributed by atoms with van der Waals surface area (Å²) in [6.07, 6.45) is 0.801. The van der Waals surface area contributed by atoms with Gasteiger partial charge < -0.3 is 5.11 Å². The lowest BCUT2D eigenvalue weighted by Crippen LogP contribution is -2.00. The summed E-state index contributed by atoms with van der Waals surface area (Å²) in [6.45, 7) is 0. The molecule has 0 saturated carbocycles. The second-order valence-corrected chi connectivity index (χ2v) is 5.46. The van der Waals surface area contributed by atoms with E-state index in [0.717, 1.165) is 23.0 Å². The average Bonchev–Trinajstić information content (AvgIpc) is 3.01. The molecule has 0 atom stereocenters. The van der Waals surface area contributed by atoms with Crippen LogP contribution in [0, 0.1) is 0 Å². The van der Waals surface area contributed by atoms with Gasteiger partial charge in [-0.3, -0.25) is 0 Å². The Balaban J connectivity index is 1.74. The number of nitrogens with zero attached hydrogens (tertiary/aromatic N) is 3. The van der Waals surface area contributed by atoms with Gasteiger partial charge in [0.25, 0.3) is 0 Å². The van der Waals surface area contributed by atoms with E-state index in [1.54, 1.807) is 6.07 Å². The van der Waals surface area contributed by atoms with Crippen LogP contribution in [0.15, 0.2) is 72.8 Å². The zero-order valence-corrected chi connectivity index (χ0v) is 12.4. The van der Waals surface area contributed by atoms with Crippen molar-refractivity contribution in [3.63, 3.8) is 0 Å². The molecule has 0 aliphatic rings. The standard InChI is InChI=1S/C19H15N3O/c23-19-11-10-15(12-14-6-2-1-3-7-14)13-18(19)22-20-16-8-4-5-9-17(16)21-22/h1-11,13,23H,12H2. The first-order valence-corrected chi connectivity index (χ1v) is 7.48. The van der Waals surface area contributed by atoms with Crippen molar-refractivity contribution in [3.8, 4) is 11.4 Å². The topological polar surface area (TPSA) is 50.9 Å². The number of rotatable bonds is 3. The second-order valence-electron chi connectivity index (χ2n) is 5.46. The molecule has 1 N–H and O–H groups in total. The van der Waals surface area contributed by atoms with Gasteiger partial charge in [-0.2, -0.15) is 0 Å². The van der Waals surface area contributed by atoms with E-state index in [1.165, 1.54) is 10.4 Å². The molecule has 4 rings (SSSR count). The smallest absolute Gasteiger partial charge is 0.143 e. The third-order valence-corrected chi connectivity index (χ3v) is 3.79. The van der Waals surface area contributed by atoms with Crippen molar-refractivity contribution in [2.75, 3.05) is 0 Å². The zero-order chi connectivity index (χ0) is 15.6. The number of aromatic hydroxyl groups is 1. The van der Waals surface area contributed by atoms with Gasteiger partial charge in [0.15, 0.2) is 0 Å². The van der Waals surface area contributed by atoms with Gasteiger partial charge in [0.1, 0.15) is 22.5 Å². The van der Waals surface area contributed by atoms with Gasteiger partial charge in [-0.15, -0.1) is 15.0 Å². The molecule has 0 unspecified atom stereocenters. The molecule has 0 fully saturated rings. The monoisotopic (exact) mass is 301 g/mol. The quantitative estimate of drug-likeness (QED) is 0.627.